The first-order chi connectivity index (χ1) is 12.6. The van der Waals surface area contributed by atoms with Crippen molar-refractivity contribution in [3.05, 3.63) is 73.1 Å². The molecule has 2 atom stereocenters. The zero-order valence-electron chi connectivity index (χ0n) is 14.4. The van der Waals surface area contributed by atoms with E-state index in [0.29, 0.717) is 11.6 Å². The van der Waals surface area contributed by atoms with E-state index in [1.807, 2.05) is 36.5 Å². The number of fused-ring (bicyclic) bond motifs is 1. The second-order valence-electron chi connectivity index (χ2n) is 6.59. The average molecular weight is 404 g/mol. The van der Waals surface area contributed by atoms with Crippen LogP contribution in [0.1, 0.15) is 26.9 Å². The maximum absolute atomic E-state index is 12.7. The van der Waals surface area contributed by atoms with Crippen molar-refractivity contribution in [1.29, 1.82) is 0 Å². The van der Waals surface area contributed by atoms with E-state index in [1.165, 1.54) is 20.2 Å². The molecule has 6 heteroatoms. The second kappa shape index (κ2) is 7.53. The summed E-state index contributed by atoms with van der Waals surface area (Å²) in [5.74, 6) is 0.0469. The SMILES string of the molecule is Cc1cc(Cl)ccc1NC(=O)C[NH+]1CCc2sccc2[C@@H]1c1cccs1. The number of thiophene rings is 2. The molecule has 3 heterocycles. The highest BCUT2D eigenvalue weighted by Gasteiger charge is 2.35. The van der Waals surface area contributed by atoms with E-state index in [0.717, 1.165) is 24.2 Å². The highest BCUT2D eigenvalue weighted by molar-refractivity contribution is 7.10. The number of carbonyl (C=O) groups excluding carboxylic acids is 1. The summed E-state index contributed by atoms with van der Waals surface area (Å²) in [4.78, 5) is 16.8. The standard InChI is InChI=1S/C20H19ClN2OS2/c1-13-11-14(21)4-5-16(13)22-19(24)12-23-8-6-17-15(7-10-26-17)20(23)18-3-2-9-25-18/h2-5,7,9-11,20H,6,8,12H2,1H3,(H,22,24)/p+1/t20-/m1/s1. The van der Waals surface area contributed by atoms with Gasteiger partial charge in [-0.05, 0) is 53.6 Å². The molecule has 134 valence electrons. The topological polar surface area (TPSA) is 33.5 Å². The van der Waals surface area contributed by atoms with E-state index < -0.39 is 0 Å². The number of amides is 1. The maximum atomic E-state index is 12.7. The molecule has 2 aromatic heterocycles. The minimum Gasteiger partial charge on any atom is -0.321 e. The number of hydrogen-bond donors (Lipinski definition) is 2. The van der Waals surface area contributed by atoms with Crippen molar-refractivity contribution >= 4 is 45.9 Å². The van der Waals surface area contributed by atoms with E-state index in [4.69, 9.17) is 11.6 Å². The van der Waals surface area contributed by atoms with Crippen LogP contribution in [0.2, 0.25) is 5.02 Å². The van der Waals surface area contributed by atoms with E-state index in [2.05, 4.69) is 34.3 Å². The largest absolute Gasteiger partial charge is 0.321 e. The fourth-order valence-corrected chi connectivity index (χ4v) is 5.67. The van der Waals surface area contributed by atoms with Crippen LogP contribution in [0.4, 0.5) is 5.69 Å². The zero-order chi connectivity index (χ0) is 18.1. The predicted octanol–water partition coefficient (Wildman–Crippen LogP) is 3.94. The van der Waals surface area contributed by atoms with Crippen molar-refractivity contribution in [3.63, 3.8) is 0 Å². The molecule has 0 fully saturated rings. The fraction of sp³-hybridized carbons (Fsp3) is 0.250. The third-order valence-electron chi connectivity index (χ3n) is 4.85. The predicted molar refractivity (Wildman–Crippen MR) is 110 cm³/mol. The minimum atomic E-state index is 0.0469. The Morgan fingerprint density at radius 2 is 2.15 bits per heavy atom. The first-order valence-electron chi connectivity index (χ1n) is 8.62. The van der Waals surface area contributed by atoms with E-state index in [-0.39, 0.29) is 11.9 Å². The molecule has 0 radical (unpaired) electrons. The van der Waals surface area contributed by atoms with Gasteiger partial charge in [-0.2, -0.15) is 0 Å². The number of anilines is 1. The van der Waals surface area contributed by atoms with Gasteiger partial charge in [0.1, 0.15) is 6.04 Å². The molecule has 2 N–H and O–H groups in total. The van der Waals surface area contributed by atoms with Crippen LogP contribution in [0.3, 0.4) is 0 Å². The van der Waals surface area contributed by atoms with Gasteiger partial charge < -0.3 is 10.2 Å². The third kappa shape index (κ3) is 3.58. The van der Waals surface area contributed by atoms with Gasteiger partial charge in [-0.15, -0.1) is 22.7 Å². The molecule has 0 bridgehead atoms. The summed E-state index contributed by atoms with van der Waals surface area (Å²) in [6.45, 7) is 3.39. The minimum absolute atomic E-state index is 0.0469. The Morgan fingerprint density at radius 1 is 1.27 bits per heavy atom. The Kier molecular flexibility index (Phi) is 5.14. The van der Waals surface area contributed by atoms with Crippen LogP contribution in [0.5, 0.6) is 0 Å². The van der Waals surface area contributed by atoms with Crippen molar-refractivity contribution in [2.45, 2.75) is 19.4 Å². The maximum Gasteiger partial charge on any atom is 0.279 e. The number of hydrogen-bond acceptors (Lipinski definition) is 3. The van der Waals surface area contributed by atoms with Gasteiger partial charge in [-0.3, -0.25) is 4.79 Å². The van der Waals surface area contributed by atoms with E-state index in [1.54, 1.807) is 11.3 Å². The molecule has 4 rings (SSSR count). The number of aryl methyl sites for hydroxylation is 1. The number of quaternary nitrogens is 1. The van der Waals surface area contributed by atoms with Gasteiger partial charge in [0.25, 0.3) is 5.91 Å². The Morgan fingerprint density at radius 3 is 2.92 bits per heavy atom. The van der Waals surface area contributed by atoms with Gasteiger partial charge in [0.05, 0.1) is 11.4 Å². The fourth-order valence-electron chi connectivity index (χ4n) is 3.62. The smallest absolute Gasteiger partial charge is 0.279 e. The first kappa shape index (κ1) is 17.7. The van der Waals surface area contributed by atoms with Crippen molar-refractivity contribution < 1.29 is 9.69 Å². The van der Waals surface area contributed by atoms with Crippen molar-refractivity contribution in [3.8, 4) is 0 Å². The molecule has 0 spiro atoms. The van der Waals surface area contributed by atoms with Gasteiger partial charge in [-0.25, -0.2) is 0 Å². The van der Waals surface area contributed by atoms with Gasteiger partial charge in [-0.1, -0.05) is 17.7 Å². The molecule has 0 aliphatic carbocycles. The summed E-state index contributed by atoms with van der Waals surface area (Å²) >= 11 is 9.61. The lowest BCUT2D eigenvalue weighted by atomic mass is 9.98. The quantitative estimate of drug-likeness (QED) is 0.679. The Hall–Kier alpha value is -1.66. The molecule has 1 unspecified atom stereocenters. The third-order valence-corrected chi connectivity index (χ3v) is 7.02. The summed E-state index contributed by atoms with van der Waals surface area (Å²) in [7, 11) is 0. The summed E-state index contributed by atoms with van der Waals surface area (Å²) in [6.07, 6.45) is 1.04. The number of nitrogens with one attached hydrogen (secondary N) is 2. The number of halogens is 1. The van der Waals surface area contributed by atoms with Crippen LogP contribution in [-0.2, 0) is 11.2 Å². The highest BCUT2D eigenvalue weighted by atomic mass is 35.5. The van der Waals surface area contributed by atoms with E-state index >= 15 is 0 Å². The molecular formula is C20H20ClN2OS2+. The summed E-state index contributed by atoms with van der Waals surface area (Å²) in [5.41, 5.74) is 3.20. The molecule has 1 aliphatic heterocycles. The van der Waals surface area contributed by atoms with Crippen LogP contribution in [-0.4, -0.2) is 19.0 Å². The molecule has 3 nitrogen and oxygen atoms in total. The van der Waals surface area contributed by atoms with Crippen molar-refractivity contribution in [2.75, 3.05) is 18.4 Å². The van der Waals surface area contributed by atoms with Crippen LogP contribution >= 0.6 is 34.3 Å². The van der Waals surface area contributed by atoms with Gasteiger partial charge in [0.15, 0.2) is 6.54 Å². The Bertz CT molecular complexity index is 920. The van der Waals surface area contributed by atoms with Gasteiger partial charge >= 0.3 is 0 Å². The van der Waals surface area contributed by atoms with Crippen molar-refractivity contribution in [2.24, 2.45) is 0 Å². The Balaban J connectivity index is 1.54. The lowest BCUT2D eigenvalue weighted by Gasteiger charge is -2.31. The summed E-state index contributed by atoms with van der Waals surface area (Å²) in [6, 6.07) is 12.3. The van der Waals surface area contributed by atoms with Gasteiger partial charge in [0, 0.05) is 27.6 Å². The first-order valence-corrected chi connectivity index (χ1v) is 10.8. The number of rotatable bonds is 4. The second-order valence-corrected chi connectivity index (χ2v) is 9.01. The molecule has 1 aliphatic rings. The normalized spacial score (nSPS) is 19.2. The molecule has 3 aromatic rings. The highest BCUT2D eigenvalue weighted by Crippen LogP contribution is 2.31. The van der Waals surface area contributed by atoms with Crippen LogP contribution in [0.25, 0.3) is 0 Å². The van der Waals surface area contributed by atoms with Gasteiger partial charge in [0.2, 0.25) is 0 Å². The van der Waals surface area contributed by atoms with Crippen LogP contribution < -0.4 is 10.2 Å². The summed E-state index contributed by atoms with van der Waals surface area (Å²) in [5, 5.41) is 8.03. The Labute approximate surface area is 166 Å². The summed E-state index contributed by atoms with van der Waals surface area (Å²) < 4.78 is 0. The number of carbonyl (C=O) groups is 1. The molecule has 0 saturated carbocycles. The zero-order valence-corrected chi connectivity index (χ0v) is 16.8. The molecule has 1 amide bonds. The molecule has 26 heavy (non-hydrogen) atoms. The van der Waals surface area contributed by atoms with Crippen LogP contribution in [0.15, 0.2) is 47.2 Å². The van der Waals surface area contributed by atoms with Crippen LogP contribution in [0, 0.1) is 6.92 Å². The van der Waals surface area contributed by atoms with E-state index in [9.17, 15) is 4.79 Å². The van der Waals surface area contributed by atoms with Crippen molar-refractivity contribution in [1.82, 2.24) is 0 Å². The molecule has 1 aromatic carbocycles. The lowest BCUT2D eigenvalue weighted by molar-refractivity contribution is -0.919. The average Bonchev–Trinajstić information content (AvgIpc) is 3.28. The lowest BCUT2D eigenvalue weighted by Crippen LogP contribution is -3.14. The number of benzene rings is 1. The molecular weight excluding hydrogens is 384 g/mol. The monoisotopic (exact) mass is 403 g/mol. The molecule has 0 saturated heterocycles.